The summed E-state index contributed by atoms with van der Waals surface area (Å²) in [5.41, 5.74) is 4.26. The van der Waals surface area contributed by atoms with Gasteiger partial charge in [-0.1, -0.05) is 84.9 Å². The zero-order valence-corrected chi connectivity index (χ0v) is 20.6. The number of rotatable bonds is 8. The third kappa shape index (κ3) is 5.61. The summed E-state index contributed by atoms with van der Waals surface area (Å²) in [6.45, 7) is 3.53. The summed E-state index contributed by atoms with van der Waals surface area (Å²) in [4.78, 5) is 13.6. The van der Waals surface area contributed by atoms with Gasteiger partial charge in [-0.2, -0.15) is 0 Å². The SMILES string of the molecule is Cc1cccc(N(CC(=O)N[C@H](c2ccccc2)c2ccccc2C)S(=O)(=O)c2ccccc2)c1. The summed E-state index contributed by atoms with van der Waals surface area (Å²) in [7, 11) is -3.97. The van der Waals surface area contributed by atoms with Crippen molar-refractivity contribution in [3.05, 3.63) is 131 Å². The van der Waals surface area contributed by atoms with Gasteiger partial charge in [0, 0.05) is 0 Å². The number of anilines is 1. The number of hydrogen-bond acceptors (Lipinski definition) is 3. The van der Waals surface area contributed by atoms with Crippen LogP contribution >= 0.6 is 0 Å². The predicted octanol–water partition coefficient (Wildman–Crippen LogP) is 5.40. The average molecular weight is 485 g/mol. The highest BCUT2D eigenvalue weighted by Crippen LogP contribution is 2.27. The summed E-state index contributed by atoms with van der Waals surface area (Å²) in [5.74, 6) is -0.400. The minimum Gasteiger partial charge on any atom is -0.344 e. The highest BCUT2D eigenvalue weighted by atomic mass is 32.2. The molecule has 1 N–H and O–H groups in total. The molecule has 6 heteroatoms. The molecule has 4 aromatic carbocycles. The first-order valence-electron chi connectivity index (χ1n) is 11.4. The van der Waals surface area contributed by atoms with Crippen LogP contribution in [0.4, 0.5) is 5.69 Å². The Hall–Kier alpha value is -3.90. The first-order chi connectivity index (χ1) is 16.9. The summed E-state index contributed by atoms with van der Waals surface area (Å²) in [6, 6.07) is 32.5. The van der Waals surface area contributed by atoms with Gasteiger partial charge in [0.05, 0.1) is 16.6 Å². The van der Waals surface area contributed by atoms with Gasteiger partial charge in [0.1, 0.15) is 6.54 Å². The quantitative estimate of drug-likeness (QED) is 0.364. The van der Waals surface area contributed by atoms with Crippen LogP contribution in [0.1, 0.15) is 28.3 Å². The molecule has 1 atom stereocenters. The Morgan fingerprint density at radius 2 is 1.43 bits per heavy atom. The highest BCUT2D eigenvalue weighted by molar-refractivity contribution is 7.92. The van der Waals surface area contributed by atoms with Crippen LogP contribution in [-0.4, -0.2) is 20.9 Å². The number of hydrogen-bond donors (Lipinski definition) is 1. The van der Waals surface area contributed by atoms with Gasteiger partial charge >= 0.3 is 0 Å². The van der Waals surface area contributed by atoms with Gasteiger partial charge in [0.15, 0.2) is 0 Å². The fourth-order valence-corrected chi connectivity index (χ4v) is 5.49. The fourth-order valence-electron chi connectivity index (χ4n) is 4.05. The molecule has 0 aliphatic heterocycles. The second-order valence-electron chi connectivity index (χ2n) is 8.43. The van der Waals surface area contributed by atoms with Crippen LogP contribution in [0.2, 0.25) is 0 Å². The molecule has 0 saturated carbocycles. The summed E-state index contributed by atoms with van der Waals surface area (Å²) in [5, 5.41) is 3.08. The number of carbonyl (C=O) groups is 1. The molecule has 4 aromatic rings. The summed E-state index contributed by atoms with van der Waals surface area (Å²) >= 11 is 0. The van der Waals surface area contributed by atoms with Crippen molar-refractivity contribution in [2.45, 2.75) is 24.8 Å². The van der Waals surface area contributed by atoms with E-state index in [0.717, 1.165) is 22.3 Å². The Labute approximate surface area is 207 Å². The predicted molar refractivity (Wildman–Crippen MR) is 140 cm³/mol. The number of benzene rings is 4. The van der Waals surface area contributed by atoms with E-state index in [1.807, 2.05) is 74.5 Å². The molecule has 0 aliphatic rings. The van der Waals surface area contributed by atoms with E-state index in [2.05, 4.69) is 5.32 Å². The van der Waals surface area contributed by atoms with Crippen LogP contribution < -0.4 is 9.62 Å². The lowest BCUT2D eigenvalue weighted by Crippen LogP contribution is -2.42. The van der Waals surface area contributed by atoms with Crippen LogP contribution in [0.5, 0.6) is 0 Å². The molecule has 1 amide bonds. The number of aryl methyl sites for hydroxylation is 2. The van der Waals surface area contributed by atoms with Crippen LogP contribution in [0.3, 0.4) is 0 Å². The maximum atomic E-state index is 13.6. The third-order valence-corrected chi connectivity index (χ3v) is 7.63. The molecule has 178 valence electrons. The van der Waals surface area contributed by atoms with Crippen molar-refractivity contribution in [2.24, 2.45) is 0 Å². The lowest BCUT2D eigenvalue weighted by molar-refractivity contribution is -0.120. The molecule has 0 bridgehead atoms. The van der Waals surface area contributed by atoms with Crippen molar-refractivity contribution in [1.82, 2.24) is 5.32 Å². The van der Waals surface area contributed by atoms with E-state index in [1.165, 1.54) is 16.4 Å². The number of amides is 1. The van der Waals surface area contributed by atoms with Gasteiger partial charge in [0.2, 0.25) is 5.91 Å². The molecule has 0 spiro atoms. The van der Waals surface area contributed by atoms with Crippen molar-refractivity contribution < 1.29 is 13.2 Å². The minimum absolute atomic E-state index is 0.132. The monoisotopic (exact) mass is 484 g/mol. The maximum absolute atomic E-state index is 13.6. The average Bonchev–Trinajstić information content (AvgIpc) is 2.87. The van der Waals surface area contributed by atoms with Gasteiger partial charge < -0.3 is 5.32 Å². The van der Waals surface area contributed by atoms with Crippen molar-refractivity contribution in [1.29, 1.82) is 0 Å². The first-order valence-corrected chi connectivity index (χ1v) is 12.8. The molecule has 0 aromatic heterocycles. The molecule has 5 nitrogen and oxygen atoms in total. The van der Waals surface area contributed by atoms with Crippen LogP contribution in [0.25, 0.3) is 0 Å². The zero-order chi connectivity index (χ0) is 24.8. The van der Waals surface area contributed by atoms with Crippen molar-refractivity contribution in [3.8, 4) is 0 Å². The molecular weight excluding hydrogens is 456 g/mol. The first kappa shape index (κ1) is 24.2. The molecule has 0 radical (unpaired) electrons. The van der Waals surface area contributed by atoms with Crippen LogP contribution in [-0.2, 0) is 14.8 Å². The lowest BCUT2D eigenvalue weighted by Gasteiger charge is -2.27. The topological polar surface area (TPSA) is 66.5 Å². The molecular formula is C29H28N2O3S. The number of sulfonamides is 1. The third-order valence-electron chi connectivity index (χ3n) is 5.85. The van der Waals surface area contributed by atoms with Crippen molar-refractivity contribution in [2.75, 3.05) is 10.8 Å². The van der Waals surface area contributed by atoms with E-state index >= 15 is 0 Å². The maximum Gasteiger partial charge on any atom is 0.264 e. The van der Waals surface area contributed by atoms with E-state index < -0.39 is 22.0 Å². The molecule has 0 saturated heterocycles. The van der Waals surface area contributed by atoms with E-state index in [1.54, 1.807) is 36.4 Å². The Bertz CT molecular complexity index is 1400. The Kier molecular flexibility index (Phi) is 7.32. The van der Waals surface area contributed by atoms with Gasteiger partial charge in [-0.15, -0.1) is 0 Å². The minimum atomic E-state index is -3.97. The second-order valence-corrected chi connectivity index (χ2v) is 10.3. The molecule has 0 aliphatic carbocycles. The molecule has 0 unspecified atom stereocenters. The van der Waals surface area contributed by atoms with E-state index in [0.29, 0.717) is 5.69 Å². The van der Waals surface area contributed by atoms with Gasteiger partial charge in [-0.05, 0) is 60.4 Å². The standard InChI is InChI=1S/C29H28N2O3S/c1-22-12-11-16-25(20-22)31(35(33,34)26-17-7-4-8-18-26)21-28(32)30-29(24-14-5-3-6-15-24)27-19-10-9-13-23(27)2/h3-20,29H,21H2,1-2H3,(H,30,32)/t29-/m1/s1. The lowest BCUT2D eigenvalue weighted by atomic mass is 9.95. The van der Waals surface area contributed by atoms with Gasteiger partial charge in [-0.25, -0.2) is 8.42 Å². The van der Waals surface area contributed by atoms with Crippen molar-refractivity contribution in [3.63, 3.8) is 0 Å². The van der Waals surface area contributed by atoms with Crippen molar-refractivity contribution >= 4 is 21.6 Å². The van der Waals surface area contributed by atoms with Gasteiger partial charge in [0.25, 0.3) is 10.0 Å². The fraction of sp³-hybridized carbons (Fsp3) is 0.138. The van der Waals surface area contributed by atoms with Crippen LogP contribution in [0, 0.1) is 13.8 Å². The van der Waals surface area contributed by atoms with E-state index in [9.17, 15) is 13.2 Å². The molecule has 0 fully saturated rings. The number of carbonyl (C=O) groups excluding carboxylic acids is 1. The largest absolute Gasteiger partial charge is 0.344 e. The Balaban J connectivity index is 1.70. The molecule has 4 rings (SSSR count). The molecule has 0 heterocycles. The van der Waals surface area contributed by atoms with E-state index in [-0.39, 0.29) is 11.4 Å². The summed E-state index contributed by atoms with van der Waals surface area (Å²) < 4.78 is 28.4. The normalized spacial score (nSPS) is 12.1. The van der Waals surface area contributed by atoms with Crippen LogP contribution in [0.15, 0.2) is 114 Å². The van der Waals surface area contributed by atoms with E-state index in [4.69, 9.17) is 0 Å². The zero-order valence-electron chi connectivity index (χ0n) is 19.8. The summed E-state index contributed by atoms with van der Waals surface area (Å²) in [6.07, 6.45) is 0. The Morgan fingerprint density at radius 3 is 2.09 bits per heavy atom. The van der Waals surface area contributed by atoms with Gasteiger partial charge in [-0.3, -0.25) is 9.10 Å². The number of nitrogens with one attached hydrogen (secondary N) is 1. The highest BCUT2D eigenvalue weighted by Gasteiger charge is 2.28. The Morgan fingerprint density at radius 1 is 0.800 bits per heavy atom. The smallest absolute Gasteiger partial charge is 0.264 e. The number of nitrogens with zero attached hydrogens (tertiary/aromatic N) is 1. The molecule has 35 heavy (non-hydrogen) atoms. The second kappa shape index (κ2) is 10.6.